The van der Waals surface area contributed by atoms with Crippen LogP contribution in [0.4, 0.5) is 0 Å². The molecule has 1 rings (SSSR count). The molecule has 0 aliphatic heterocycles. The van der Waals surface area contributed by atoms with Crippen LogP contribution in [0.25, 0.3) is 0 Å². The fourth-order valence-corrected chi connectivity index (χ4v) is 3.94. The maximum absolute atomic E-state index is 13.3. The van der Waals surface area contributed by atoms with Crippen molar-refractivity contribution in [1.29, 1.82) is 0 Å². The lowest BCUT2D eigenvalue weighted by atomic mass is 10.0. The number of thioether (sulfide) groups is 1. The molecule has 0 saturated heterocycles. The third-order valence-corrected chi connectivity index (χ3v) is 6.22. The SMILES string of the molecule is CSCCC(N)C(=O)NC(Cc1ccc(O)cc1)C(=O)NC(CC(N)=O)C(=O)NC(CCCN=C(N)N)C(=O)O. The van der Waals surface area contributed by atoms with Crippen molar-refractivity contribution in [3.63, 3.8) is 0 Å². The van der Waals surface area contributed by atoms with Gasteiger partial charge < -0.3 is 49.1 Å². The molecule has 4 unspecified atom stereocenters. The minimum Gasteiger partial charge on any atom is -0.508 e. The summed E-state index contributed by atoms with van der Waals surface area (Å²) in [5.41, 5.74) is 22.3. The number of hydrogen-bond acceptors (Lipinski definition) is 9. The molecule has 0 aromatic heterocycles. The van der Waals surface area contributed by atoms with Gasteiger partial charge in [0.2, 0.25) is 23.6 Å². The van der Waals surface area contributed by atoms with Crippen molar-refractivity contribution in [3.05, 3.63) is 29.8 Å². The van der Waals surface area contributed by atoms with Gasteiger partial charge in [0.1, 0.15) is 23.9 Å². The number of carbonyl (C=O) groups is 5. The van der Waals surface area contributed by atoms with Gasteiger partial charge in [-0.2, -0.15) is 11.8 Å². The van der Waals surface area contributed by atoms with Crippen LogP contribution in [0.1, 0.15) is 31.2 Å². The van der Waals surface area contributed by atoms with Crippen molar-refractivity contribution in [3.8, 4) is 5.75 Å². The van der Waals surface area contributed by atoms with E-state index >= 15 is 0 Å². The zero-order valence-corrected chi connectivity index (χ0v) is 23.0. The quantitative estimate of drug-likeness (QED) is 0.0495. The van der Waals surface area contributed by atoms with Crippen molar-refractivity contribution in [2.45, 2.75) is 56.3 Å². The standard InChI is InChI=1S/C24H38N8O7S/c1-40-10-8-15(25)20(35)31-17(11-13-4-6-14(33)7-5-13)21(36)32-18(12-19(26)34)22(37)30-16(23(38)39)3-2-9-29-24(27)28/h4-7,15-18,33H,2-3,8-12,25H2,1H3,(H2,26,34)(H,30,37)(H,31,35)(H,32,36)(H,38,39)(H4,27,28,29). The molecule has 4 amide bonds. The van der Waals surface area contributed by atoms with Crippen LogP contribution >= 0.6 is 11.8 Å². The van der Waals surface area contributed by atoms with E-state index in [9.17, 15) is 34.2 Å². The van der Waals surface area contributed by atoms with E-state index in [2.05, 4.69) is 20.9 Å². The summed E-state index contributed by atoms with van der Waals surface area (Å²) in [6, 6.07) is 0.867. The number of nitrogens with two attached hydrogens (primary N) is 4. The Balaban J connectivity index is 3.08. The molecule has 0 spiro atoms. The molecule has 0 saturated carbocycles. The molecule has 0 radical (unpaired) electrons. The summed E-state index contributed by atoms with van der Waals surface area (Å²) in [4.78, 5) is 66.0. The Morgan fingerprint density at radius 2 is 1.48 bits per heavy atom. The zero-order chi connectivity index (χ0) is 30.2. The molecule has 0 aliphatic carbocycles. The van der Waals surface area contributed by atoms with Crippen LogP contribution in [-0.4, -0.2) is 88.5 Å². The number of nitrogens with zero attached hydrogens (tertiary/aromatic N) is 1. The Labute approximate surface area is 235 Å². The maximum atomic E-state index is 13.3. The summed E-state index contributed by atoms with van der Waals surface area (Å²) < 4.78 is 0. The minimum atomic E-state index is -1.53. The van der Waals surface area contributed by atoms with Gasteiger partial charge in [0, 0.05) is 13.0 Å². The Morgan fingerprint density at radius 3 is 2.02 bits per heavy atom. The number of phenols is 1. The van der Waals surface area contributed by atoms with Gasteiger partial charge in [-0.3, -0.25) is 24.2 Å². The molecule has 0 heterocycles. The summed E-state index contributed by atoms with van der Waals surface area (Å²) in [5, 5.41) is 26.3. The highest BCUT2D eigenvalue weighted by molar-refractivity contribution is 7.98. The highest BCUT2D eigenvalue weighted by Crippen LogP contribution is 2.12. The molecule has 222 valence electrons. The smallest absolute Gasteiger partial charge is 0.326 e. The summed E-state index contributed by atoms with van der Waals surface area (Å²) in [5.74, 6) is -4.24. The lowest BCUT2D eigenvalue weighted by molar-refractivity contribution is -0.142. The molecule has 13 N–H and O–H groups in total. The van der Waals surface area contributed by atoms with E-state index < -0.39 is 60.2 Å². The second-order valence-electron chi connectivity index (χ2n) is 8.90. The molecule has 1 aromatic rings. The number of guanidine groups is 1. The summed E-state index contributed by atoms with van der Waals surface area (Å²) in [6.07, 6.45) is 1.72. The zero-order valence-electron chi connectivity index (χ0n) is 22.2. The third kappa shape index (κ3) is 13.1. The highest BCUT2D eigenvalue weighted by Gasteiger charge is 2.31. The van der Waals surface area contributed by atoms with Crippen LogP contribution in [0.2, 0.25) is 0 Å². The van der Waals surface area contributed by atoms with Crippen LogP contribution in [-0.2, 0) is 30.4 Å². The summed E-state index contributed by atoms with van der Waals surface area (Å²) in [6.45, 7) is 0.126. The molecule has 0 aliphatic rings. The van der Waals surface area contributed by atoms with Crippen LogP contribution in [0, 0.1) is 0 Å². The number of carboxylic acid groups (broad SMARTS) is 1. The molecular formula is C24H38N8O7S. The number of primary amides is 1. The van der Waals surface area contributed by atoms with Gasteiger partial charge in [0.05, 0.1) is 12.5 Å². The molecule has 15 nitrogen and oxygen atoms in total. The number of aliphatic imine (C=N–C) groups is 1. The van der Waals surface area contributed by atoms with E-state index in [1.54, 1.807) is 12.1 Å². The van der Waals surface area contributed by atoms with Gasteiger partial charge in [-0.05, 0) is 49.0 Å². The highest BCUT2D eigenvalue weighted by atomic mass is 32.2. The van der Waals surface area contributed by atoms with Crippen LogP contribution in [0.3, 0.4) is 0 Å². The van der Waals surface area contributed by atoms with Crippen LogP contribution in [0.5, 0.6) is 5.75 Å². The van der Waals surface area contributed by atoms with Gasteiger partial charge in [-0.15, -0.1) is 0 Å². The first-order valence-electron chi connectivity index (χ1n) is 12.3. The van der Waals surface area contributed by atoms with Crippen molar-refractivity contribution in [2.24, 2.45) is 27.9 Å². The van der Waals surface area contributed by atoms with Gasteiger partial charge in [0.15, 0.2) is 5.96 Å². The van der Waals surface area contributed by atoms with Crippen molar-refractivity contribution >= 4 is 47.3 Å². The van der Waals surface area contributed by atoms with E-state index in [-0.39, 0.29) is 37.5 Å². The predicted molar refractivity (Wildman–Crippen MR) is 150 cm³/mol. The van der Waals surface area contributed by atoms with E-state index in [1.165, 1.54) is 23.9 Å². The fraction of sp³-hybridized carbons (Fsp3) is 0.500. The lowest BCUT2D eigenvalue weighted by Gasteiger charge is -2.25. The Morgan fingerprint density at radius 1 is 0.900 bits per heavy atom. The molecule has 0 fully saturated rings. The topological polar surface area (TPSA) is 278 Å². The third-order valence-electron chi connectivity index (χ3n) is 5.58. The van der Waals surface area contributed by atoms with E-state index in [0.717, 1.165) is 0 Å². The molecule has 40 heavy (non-hydrogen) atoms. The maximum Gasteiger partial charge on any atom is 0.326 e. The van der Waals surface area contributed by atoms with Gasteiger partial charge >= 0.3 is 5.97 Å². The number of nitrogens with one attached hydrogen (secondary N) is 3. The number of carboxylic acids is 1. The number of rotatable bonds is 18. The van der Waals surface area contributed by atoms with E-state index in [4.69, 9.17) is 22.9 Å². The number of phenolic OH excluding ortho intramolecular Hbond substituents is 1. The minimum absolute atomic E-state index is 0.00245. The first kappa shape index (κ1) is 34.0. The first-order valence-corrected chi connectivity index (χ1v) is 13.7. The second kappa shape index (κ2) is 17.5. The molecule has 1 aromatic carbocycles. The number of hydrogen-bond donors (Lipinski definition) is 9. The normalized spacial score (nSPS) is 13.7. The van der Waals surface area contributed by atoms with Crippen LogP contribution in [0.15, 0.2) is 29.3 Å². The second-order valence-corrected chi connectivity index (χ2v) is 9.89. The fourth-order valence-electron chi connectivity index (χ4n) is 3.45. The Kier molecular flexibility index (Phi) is 14.9. The monoisotopic (exact) mass is 582 g/mol. The van der Waals surface area contributed by atoms with Gasteiger partial charge in [0.25, 0.3) is 0 Å². The predicted octanol–water partition coefficient (Wildman–Crippen LogP) is -2.52. The van der Waals surface area contributed by atoms with Gasteiger partial charge in [-0.1, -0.05) is 12.1 Å². The lowest BCUT2D eigenvalue weighted by Crippen LogP contribution is -2.58. The van der Waals surface area contributed by atoms with E-state index in [0.29, 0.717) is 17.7 Å². The van der Waals surface area contributed by atoms with Crippen molar-refractivity contribution < 1.29 is 34.2 Å². The number of aliphatic carboxylic acids is 1. The summed E-state index contributed by atoms with van der Waals surface area (Å²) >= 11 is 1.50. The molecular weight excluding hydrogens is 544 g/mol. The van der Waals surface area contributed by atoms with Gasteiger partial charge in [-0.25, -0.2) is 4.79 Å². The molecule has 4 atom stereocenters. The van der Waals surface area contributed by atoms with Crippen molar-refractivity contribution in [1.82, 2.24) is 16.0 Å². The molecule has 0 bridgehead atoms. The average molecular weight is 583 g/mol. The average Bonchev–Trinajstić information content (AvgIpc) is 2.88. The van der Waals surface area contributed by atoms with E-state index in [1.807, 2.05) is 6.26 Å². The largest absolute Gasteiger partial charge is 0.508 e. The number of aromatic hydroxyl groups is 1. The number of amides is 4. The first-order chi connectivity index (χ1) is 18.8. The number of benzene rings is 1. The number of carbonyl (C=O) groups excluding carboxylic acids is 4. The summed E-state index contributed by atoms with van der Waals surface area (Å²) in [7, 11) is 0. The van der Waals surface area contributed by atoms with Crippen LogP contribution < -0.4 is 38.9 Å². The Bertz CT molecular complexity index is 1050. The van der Waals surface area contributed by atoms with Crippen molar-refractivity contribution in [2.75, 3.05) is 18.6 Å². The molecule has 16 heteroatoms. The Hall–Kier alpha value is -4.05.